The van der Waals surface area contributed by atoms with E-state index in [2.05, 4.69) is 43.6 Å². The summed E-state index contributed by atoms with van der Waals surface area (Å²) in [6.45, 7) is 9.07. The first kappa shape index (κ1) is 12.9. The second kappa shape index (κ2) is 6.41. The first-order chi connectivity index (χ1) is 5.99. The number of amides is 1. The van der Waals surface area contributed by atoms with Crippen molar-refractivity contribution in [1.29, 1.82) is 0 Å². The zero-order chi connectivity index (χ0) is 10.4. The molecule has 0 saturated heterocycles. The molecule has 0 N–H and O–H groups in total. The van der Waals surface area contributed by atoms with Crippen LogP contribution in [0, 0.1) is 5.92 Å². The molecule has 0 aromatic heterocycles. The standard InChI is InChI=1S/C10H20BrNO/c1-8(2)7-10(13)12(6-5-11)9(3)4/h8-9H,5-7H2,1-4H3. The number of alkyl halides is 1. The maximum absolute atomic E-state index is 11.7. The van der Waals surface area contributed by atoms with Crippen LogP contribution >= 0.6 is 15.9 Å². The van der Waals surface area contributed by atoms with Crippen molar-refractivity contribution in [1.82, 2.24) is 4.90 Å². The molecule has 0 fully saturated rings. The van der Waals surface area contributed by atoms with Gasteiger partial charge in [-0.15, -0.1) is 0 Å². The average Bonchev–Trinajstić information content (AvgIpc) is 1.97. The molecule has 0 aliphatic heterocycles. The molecule has 0 aromatic carbocycles. The Bertz CT molecular complexity index is 157. The van der Waals surface area contributed by atoms with E-state index in [1.165, 1.54) is 0 Å². The van der Waals surface area contributed by atoms with Crippen molar-refractivity contribution in [2.45, 2.75) is 40.2 Å². The largest absolute Gasteiger partial charge is 0.339 e. The van der Waals surface area contributed by atoms with E-state index in [0.29, 0.717) is 18.4 Å². The molecule has 2 nitrogen and oxygen atoms in total. The summed E-state index contributed by atoms with van der Waals surface area (Å²) in [4.78, 5) is 13.6. The van der Waals surface area contributed by atoms with Gasteiger partial charge >= 0.3 is 0 Å². The van der Waals surface area contributed by atoms with Crippen LogP contribution in [0.5, 0.6) is 0 Å². The van der Waals surface area contributed by atoms with Crippen LogP contribution in [-0.2, 0) is 4.79 Å². The number of rotatable bonds is 5. The van der Waals surface area contributed by atoms with Crippen molar-refractivity contribution in [3.63, 3.8) is 0 Å². The van der Waals surface area contributed by atoms with Gasteiger partial charge in [-0.2, -0.15) is 0 Å². The fourth-order valence-electron chi connectivity index (χ4n) is 1.23. The third-order valence-corrected chi connectivity index (χ3v) is 2.21. The van der Waals surface area contributed by atoms with Gasteiger partial charge in [-0.05, 0) is 19.8 Å². The molecule has 0 aromatic rings. The molecule has 0 bridgehead atoms. The van der Waals surface area contributed by atoms with Crippen LogP contribution in [-0.4, -0.2) is 28.7 Å². The highest BCUT2D eigenvalue weighted by Gasteiger charge is 2.16. The molecular formula is C10H20BrNO. The van der Waals surface area contributed by atoms with Gasteiger partial charge in [0.15, 0.2) is 0 Å². The van der Waals surface area contributed by atoms with Crippen LogP contribution in [0.1, 0.15) is 34.1 Å². The topological polar surface area (TPSA) is 20.3 Å². The van der Waals surface area contributed by atoms with E-state index < -0.39 is 0 Å². The fraction of sp³-hybridized carbons (Fsp3) is 0.900. The Balaban J connectivity index is 4.11. The molecular weight excluding hydrogens is 230 g/mol. The zero-order valence-electron chi connectivity index (χ0n) is 9.01. The Morgan fingerprint density at radius 2 is 1.85 bits per heavy atom. The monoisotopic (exact) mass is 249 g/mol. The van der Waals surface area contributed by atoms with Gasteiger partial charge < -0.3 is 4.90 Å². The highest BCUT2D eigenvalue weighted by Crippen LogP contribution is 2.07. The number of hydrogen-bond acceptors (Lipinski definition) is 1. The van der Waals surface area contributed by atoms with Crippen LogP contribution in [0.2, 0.25) is 0 Å². The maximum Gasteiger partial charge on any atom is 0.223 e. The van der Waals surface area contributed by atoms with E-state index in [1.54, 1.807) is 0 Å². The van der Waals surface area contributed by atoms with Crippen molar-refractivity contribution in [3.05, 3.63) is 0 Å². The van der Waals surface area contributed by atoms with Gasteiger partial charge in [0.1, 0.15) is 0 Å². The van der Waals surface area contributed by atoms with Crippen LogP contribution in [0.3, 0.4) is 0 Å². The molecule has 0 heterocycles. The van der Waals surface area contributed by atoms with Crippen molar-refractivity contribution >= 4 is 21.8 Å². The van der Waals surface area contributed by atoms with Crippen molar-refractivity contribution < 1.29 is 4.79 Å². The van der Waals surface area contributed by atoms with E-state index in [1.807, 2.05) is 4.90 Å². The minimum atomic E-state index is 0.268. The van der Waals surface area contributed by atoms with Gasteiger partial charge in [0.25, 0.3) is 0 Å². The summed E-state index contributed by atoms with van der Waals surface area (Å²) < 4.78 is 0. The summed E-state index contributed by atoms with van der Waals surface area (Å²) in [5.74, 6) is 0.716. The van der Waals surface area contributed by atoms with E-state index in [9.17, 15) is 4.79 Å². The van der Waals surface area contributed by atoms with Crippen LogP contribution < -0.4 is 0 Å². The van der Waals surface area contributed by atoms with Crippen LogP contribution in [0.15, 0.2) is 0 Å². The molecule has 3 heteroatoms. The zero-order valence-corrected chi connectivity index (χ0v) is 10.6. The first-order valence-electron chi connectivity index (χ1n) is 4.84. The Morgan fingerprint density at radius 3 is 2.15 bits per heavy atom. The maximum atomic E-state index is 11.7. The van der Waals surface area contributed by atoms with Gasteiger partial charge in [-0.25, -0.2) is 0 Å². The molecule has 0 saturated carbocycles. The molecule has 0 unspecified atom stereocenters. The Kier molecular flexibility index (Phi) is 6.39. The molecule has 0 rings (SSSR count). The van der Waals surface area contributed by atoms with E-state index in [4.69, 9.17) is 0 Å². The summed E-state index contributed by atoms with van der Waals surface area (Å²) in [6.07, 6.45) is 0.658. The average molecular weight is 250 g/mol. The van der Waals surface area contributed by atoms with E-state index in [-0.39, 0.29) is 5.91 Å². The smallest absolute Gasteiger partial charge is 0.223 e. The lowest BCUT2D eigenvalue weighted by Crippen LogP contribution is -2.38. The Morgan fingerprint density at radius 1 is 1.31 bits per heavy atom. The van der Waals surface area contributed by atoms with Crippen LogP contribution in [0.25, 0.3) is 0 Å². The molecule has 0 aliphatic rings. The predicted molar refractivity (Wildman–Crippen MR) is 60.1 cm³/mol. The van der Waals surface area contributed by atoms with Crippen molar-refractivity contribution in [2.75, 3.05) is 11.9 Å². The second-order valence-corrected chi connectivity index (χ2v) is 4.76. The first-order valence-corrected chi connectivity index (χ1v) is 5.96. The van der Waals surface area contributed by atoms with Gasteiger partial charge in [-0.1, -0.05) is 29.8 Å². The van der Waals surface area contributed by atoms with Gasteiger partial charge in [-0.3, -0.25) is 4.79 Å². The summed E-state index contributed by atoms with van der Waals surface area (Å²) in [5.41, 5.74) is 0. The number of hydrogen-bond donors (Lipinski definition) is 0. The van der Waals surface area contributed by atoms with Gasteiger partial charge in [0.2, 0.25) is 5.91 Å². The third-order valence-electron chi connectivity index (χ3n) is 1.85. The Hall–Kier alpha value is -0.0500. The quantitative estimate of drug-likeness (QED) is 0.687. The van der Waals surface area contributed by atoms with Crippen LogP contribution in [0.4, 0.5) is 0 Å². The Labute approximate surface area is 89.8 Å². The SMILES string of the molecule is CC(C)CC(=O)N(CCBr)C(C)C. The van der Waals surface area contributed by atoms with Gasteiger partial charge in [0.05, 0.1) is 0 Å². The number of carbonyl (C=O) groups is 1. The minimum Gasteiger partial charge on any atom is -0.339 e. The molecule has 0 aliphatic carbocycles. The highest BCUT2D eigenvalue weighted by atomic mass is 79.9. The normalized spacial score (nSPS) is 11.0. The molecule has 0 spiro atoms. The van der Waals surface area contributed by atoms with Crippen molar-refractivity contribution in [3.8, 4) is 0 Å². The molecule has 0 radical (unpaired) electrons. The fourth-order valence-corrected chi connectivity index (χ4v) is 1.61. The molecule has 0 atom stereocenters. The predicted octanol–water partition coefficient (Wildman–Crippen LogP) is 2.66. The highest BCUT2D eigenvalue weighted by molar-refractivity contribution is 9.09. The summed E-state index contributed by atoms with van der Waals surface area (Å²) >= 11 is 3.36. The third kappa shape index (κ3) is 5.29. The van der Waals surface area contributed by atoms with E-state index in [0.717, 1.165) is 11.9 Å². The van der Waals surface area contributed by atoms with Crippen molar-refractivity contribution in [2.24, 2.45) is 5.92 Å². The molecule has 13 heavy (non-hydrogen) atoms. The molecule has 1 amide bonds. The summed E-state index contributed by atoms with van der Waals surface area (Å²) in [7, 11) is 0. The lowest BCUT2D eigenvalue weighted by atomic mass is 10.1. The van der Waals surface area contributed by atoms with E-state index >= 15 is 0 Å². The summed E-state index contributed by atoms with van der Waals surface area (Å²) in [6, 6.07) is 0.309. The minimum absolute atomic E-state index is 0.268. The second-order valence-electron chi connectivity index (χ2n) is 3.97. The number of halogens is 1. The summed E-state index contributed by atoms with van der Waals surface area (Å²) in [5, 5.41) is 0.856. The lowest BCUT2D eigenvalue weighted by Gasteiger charge is -2.26. The lowest BCUT2D eigenvalue weighted by molar-refractivity contribution is -0.133. The van der Waals surface area contributed by atoms with Gasteiger partial charge in [0, 0.05) is 24.3 Å². The number of carbonyl (C=O) groups excluding carboxylic acids is 1. The molecule has 78 valence electrons. The number of nitrogens with zero attached hydrogens (tertiary/aromatic N) is 1.